The number of hydrogen-bond donors (Lipinski definition) is 3. The first kappa shape index (κ1) is 16.7. The molecule has 0 aliphatic carbocycles. The molecule has 8 heteroatoms. The van der Waals surface area contributed by atoms with Gasteiger partial charge in [0.05, 0.1) is 4.90 Å². The highest BCUT2D eigenvalue weighted by atomic mass is 32.2. The van der Waals surface area contributed by atoms with Gasteiger partial charge in [0.15, 0.2) is 0 Å². The zero-order chi connectivity index (χ0) is 15.9. The van der Waals surface area contributed by atoms with Crippen LogP contribution in [0, 0.1) is 11.3 Å². The number of amides is 1. The van der Waals surface area contributed by atoms with Crippen molar-refractivity contribution in [2.24, 2.45) is 5.14 Å². The maximum Gasteiger partial charge on any atom is 0.267 e. The number of carbonyl (C=O) groups excluding carboxylic acids is 1. The van der Waals surface area contributed by atoms with Gasteiger partial charge in [-0.3, -0.25) is 4.79 Å². The highest BCUT2D eigenvalue weighted by molar-refractivity contribution is 7.89. The van der Waals surface area contributed by atoms with Gasteiger partial charge in [-0.15, -0.1) is 0 Å². The van der Waals surface area contributed by atoms with Gasteiger partial charge in [0, 0.05) is 18.4 Å². The zero-order valence-corrected chi connectivity index (χ0v) is 12.3. The summed E-state index contributed by atoms with van der Waals surface area (Å²) in [6, 6.07) is 7.12. The molecule has 0 bridgehead atoms. The molecule has 0 radical (unpaired) electrons. The molecule has 1 rings (SSSR count). The summed E-state index contributed by atoms with van der Waals surface area (Å²) >= 11 is 0. The van der Waals surface area contributed by atoms with E-state index >= 15 is 0 Å². The molecular weight excluding hydrogens is 292 g/mol. The molecule has 21 heavy (non-hydrogen) atoms. The Morgan fingerprint density at radius 3 is 2.48 bits per heavy atom. The fourth-order valence-corrected chi connectivity index (χ4v) is 1.91. The number of hydrogen-bond acceptors (Lipinski definition) is 5. The highest BCUT2D eigenvalue weighted by Crippen LogP contribution is 2.13. The monoisotopic (exact) mass is 308 g/mol. The van der Waals surface area contributed by atoms with Crippen molar-refractivity contribution in [3.05, 3.63) is 36.0 Å². The fraction of sp³-hybridized carbons (Fsp3) is 0.231. The van der Waals surface area contributed by atoms with Gasteiger partial charge in [-0.1, -0.05) is 6.92 Å². The van der Waals surface area contributed by atoms with Gasteiger partial charge < -0.3 is 10.6 Å². The Balaban J connectivity index is 2.79. The number of benzene rings is 1. The number of primary sulfonamides is 1. The lowest BCUT2D eigenvalue weighted by atomic mass is 10.2. The quantitative estimate of drug-likeness (QED) is 0.405. The third kappa shape index (κ3) is 5.25. The SMILES string of the molecule is CCCN/C=C(/C#N)C(=O)Nc1ccc(S(N)(=O)=O)cc1. The van der Waals surface area contributed by atoms with Crippen molar-refractivity contribution in [1.29, 1.82) is 5.26 Å². The number of nitrogens with two attached hydrogens (primary N) is 1. The molecule has 0 aromatic heterocycles. The lowest BCUT2D eigenvalue weighted by molar-refractivity contribution is -0.112. The van der Waals surface area contributed by atoms with Crippen molar-refractivity contribution in [1.82, 2.24) is 5.32 Å². The minimum atomic E-state index is -3.77. The molecule has 0 heterocycles. The molecule has 112 valence electrons. The molecule has 0 saturated heterocycles. The van der Waals surface area contributed by atoms with E-state index in [2.05, 4.69) is 10.6 Å². The van der Waals surface area contributed by atoms with Crippen LogP contribution < -0.4 is 15.8 Å². The first-order chi connectivity index (χ1) is 9.88. The Morgan fingerprint density at radius 1 is 1.38 bits per heavy atom. The topological polar surface area (TPSA) is 125 Å². The van der Waals surface area contributed by atoms with Crippen LogP contribution in [0.2, 0.25) is 0 Å². The Bertz CT molecular complexity index is 672. The summed E-state index contributed by atoms with van der Waals surface area (Å²) in [4.78, 5) is 11.8. The molecule has 7 nitrogen and oxygen atoms in total. The van der Waals surface area contributed by atoms with Gasteiger partial charge in [-0.2, -0.15) is 5.26 Å². The van der Waals surface area contributed by atoms with Gasteiger partial charge in [-0.25, -0.2) is 13.6 Å². The summed E-state index contributed by atoms with van der Waals surface area (Å²) in [6.45, 7) is 2.61. The van der Waals surface area contributed by atoms with Crippen LogP contribution in [-0.4, -0.2) is 20.9 Å². The summed E-state index contributed by atoms with van der Waals surface area (Å²) in [5, 5.41) is 19.2. The van der Waals surface area contributed by atoms with Crippen molar-refractivity contribution in [3.63, 3.8) is 0 Å². The zero-order valence-electron chi connectivity index (χ0n) is 11.5. The average molecular weight is 308 g/mol. The van der Waals surface area contributed by atoms with E-state index in [0.717, 1.165) is 6.42 Å². The van der Waals surface area contributed by atoms with Crippen molar-refractivity contribution >= 4 is 21.6 Å². The van der Waals surface area contributed by atoms with Gasteiger partial charge in [0.2, 0.25) is 10.0 Å². The first-order valence-electron chi connectivity index (χ1n) is 6.16. The van der Waals surface area contributed by atoms with E-state index in [9.17, 15) is 13.2 Å². The molecule has 1 amide bonds. The fourth-order valence-electron chi connectivity index (χ4n) is 1.39. The number of nitrogens with one attached hydrogen (secondary N) is 2. The molecule has 4 N–H and O–H groups in total. The van der Waals surface area contributed by atoms with Crippen LogP contribution in [-0.2, 0) is 14.8 Å². The van der Waals surface area contributed by atoms with Gasteiger partial charge >= 0.3 is 0 Å². The van der Waals surface area contributed by atoms with E-state index in [0.29, 0.717) is 12.2 Å². The summed E-state index contributed by atoms with van der Waals surface area (Å²) < 4.78 is 22.2. The lowest BCUT2D eigenvalue weighted by Gasteiger charge is -2.05. The Labute approximate surface area is 123 Å². The second-order valence-corrected chi connectivity index (χ2v) is 5.71. The number of sulfonamides is 1. The Kier molecular flexibility index (Phi) is 5.90. The summed E-state index contributed by atoms with van der Waals surface area (Å²) in [7, 11) is -3.77. The van der Waals surface area contributed by atoms with Gasteiger partial charge in [0.1, 0.15) is 11.6 Å². The summed E-state index contributed by atoms with van der Waals surface area (Å²) in [5.74, 6) is -0.579. The van der Waals surface area contributed by atoms with E-state index in [1.807, 2.05) is 6.92 Å². The molecule has 0 aliphatic rings. The van der Waals surface area contributed by atoms with E-state index in [1.165, 1.54) is 30.5 Å². The molecule has 0 spiro atoms. The molecule has 1 aromatic carbocycles. The van der Waals surface area contributed by atoms with Crippen LogP contribution in [0.1, 0.15) is 13.3 Å². The van der Waals surface area contributed by atoms with Crippen molar-refractivity contribution in [3.8, 4) is 6.07 Å². The largest absolute Gasteiger partial charge is 0.390 e. The van der Waals surface area contributed by atoms with Crippen LogP contribution in [0.5, 0.6) is 0 Å². The number of carbonyl (C=O) groups is 1. The predicted octanol–water partition coefficient (Wildman–Crippen LogP) is 0.680. The Morgan fingerprint density at radius 2 is 2.00 bits per heavy atom. The first-order valence-corrected chi connectivity index (χ1v) is 7.71. The number of anilines is 1. The maximum absolute atomic E-state index is 11.8. The third-order valence-corrected chi connectivity index (χ3v) is 3.38. The number of nitrogens with zero attached hydrogens (tertiary/aromatic N) is 1. The van der Waals surface area contributed by atoms with Crippen LogP contribution in [0.25, 0.3) is 0 Å². The van der Waals surface area contributed by atoms with Gasteiger partial charge in [0.25, 0.3) is 5.91 Å². The lowest BCUT2D eigenvalue weighted by Crippen LogP contribution is -2.17. The smallest absolute Gasteiger partial charge is 0.267 e. The third-order valence-electron chi connectivity index (χ3n) is 2.45. The normalized spacial score (nSPS) is 11.6. The van der Waals surface area contributed by atoms with Crippen LogP contribution >= 0.6 is 0 Å². The number of nitriles is 1. The highest BCUT2D eigenvalue weighted by Gasteiger charge is 2.11. The van der Waals surface area contributed by atoms with Crippen molar-refractivity contribution < 1.29 is 13.2 Å². The van der Waals surface area contributed by atoms with Gasteiger partial charge in [-0.05, 0) is 30.7 Å². The van der Waals surface area contributed by atoms with E-state index < -0.39 is 15.9 Å². The van der Waals surface area contributed by atoms with Crippen LogP contribution in [0.4, 0.5) is 5.69 Å². The van der Waals surface area contributed by atoms with E-state index in [1.54, 1.807) is 6.07 Å². The minimum absolute atomic E-state index is 0.0545. The summed E-state index contributed by atoms with van der Waals surface area (Å²) in [5.41, 5.74) is 0.294. The average Bonchev–Trinajstić information content (AvgIpc) is 2.43. The molecule has 0 saturated carbocycles. The summed E-state index contributed by atoms with van der Waals surface area (Å²) in [6.07, 6.45) is 2.21. The Hall–Kier alpha value is -2.37. The van der Waals surface area contributed by atoms with E-state index in [4.69, 9.17) is 10.4 Å². The molecule has 1 aromatic rings. The van der Waals surface area contributed by atoms with E-state index in [-0.39, 0.29) is 10.5 Å². The van der Waals surface area contributed by atoms with Crippen molar-refractivity contribution in [2.75, 3.05) is 11.9 Å². The molecule has 0 atom stereocenters. The standard InChI is InChI=1S/C13H16N4O3S/c1-2-7-16-9-10(8-14)13(18)17-11-3-5-12(6-4-11)21(15,19)20/h3-6,9,16H,2,7H2,1H3,(H,17,18)(H2,15,19,20)/b10-9-. The second kappa shape index (κ2) is 7.42. The second-order valence-electron chi connectivity index (χ2n) is 4.15. The molecule has 0 fully saturated rings. The van der Waals surface area contributed by atoms with Crippen LogP contribution in [0.3, 0.4) is 0 Å². The van der Waals surface area contributed by atoms with Crippen molar-refractivity contribution in [2.45, 2.75) is 18.2 Å². The minimum Gasteiger partial charge on any atom is -0.390 e. The number of rotatable bonds is 6. The molecular formula is C13H16N4O3S. The van der Waals surface area contributed by atoms with Crippen LogP contribution in [0.15, 0.2) is 40.9 Å². The molecule has 0 unspecified atom stereocenters. The molecule has 0 aliphatic heterocycles. The maximum atomic E-state index is 11.8. The predicted molar refractivity (Wildman–Crippen MR) is 78.4 cm³/mol.